The maximum Gasteiger partial charge on any atom is 0.253 e. The average molecular weight is 428 g/mol. The maximum atomic E-state index is 13.5. The van der Waals surface area contributed by atoms with Crippen LogP contribution in [0.1, 0.15) is 46.4 Å². The van der Waals surface area contributed by atoms with Crippen LogP contribution in [0.5, 0.6) is 5.75 Å². The standard InChI is InChI=1S/C24H26F2N2O3/c25-21-10-7-19(14-22(21)26)24(30)28-13-3-4-17(15-28)16-31-20-8-5-18(6-9-20)23(29)27-11-1-2-12-27/h5-10,14,17H,1-4,11-13,15-16H2/t17-/m0/s1. The molecule has 164 valence electrons. The summed E-state index contributed by atoms with van der Waals surface area (Å²) in [6.07, 6.45) is 3.87. The summed E-state index contributed by atoms with van der Waals surface area (Å²) in [4.78, 5) is 28.6. The minimum atomic E-state index is -1.02. The zero-order chi connectivity index (χ0) is 21.8. The molecule has 2 aliphatic heterocycles. The summed E-state index contributed by atoms with van der Waals surface area (Å²) in [7, 11) is 0. The Hall–Kier alpha value is -2.96. The molecule has 2 heterocycles. The van der Waals surface area contributed by atoms with Crippen LogP contribution in [0.25, 0.3) is 0 Å². The van der Waals surface area contributed by atoms with Gasteiger partial charge in [0.1, 0.15) is 5.75 Å². The van der Waals surface area contributed by atoms with Gasteiger partial charge in [0.05, 0.1) is 6.61 Å². The first-order chi connectivity index (χ1) is 15.0. The summed E-state index contributed by atoms with van der Waals surface area (Å²) in [5.74, 6) is -1.39. The molecule has 0 radical (unpaired) electrons. The van der Waals surface area contributed by atoms with Crippen molar-refractivity contribution in [3.8, 4) is 5.75 Å². The van der Waals surface area contributed by atoms with Crippen molar-refractivity contribution in [2.75, 3.05) is 32.8 Å². The SMILES string of the molecule is O=C(c1ccc(OC[C@H]2CCCN(C(=O)c3ccc(F)c(F)c3)C2)cc1)N1CCCC1. The molecule has 0 aromatic heterocycles. The first-order valence-electron chi connectivity index (χ1n) is 10.8. The second-order valence-corrected chi connectivity index (χ2v) is 8.22. The largest absolute Gasteiger partial charge is 0.493 e. The Morgan fingerprint density at radius 2 is 1.48 bits per heavy atom. The molecular weight excluding hydrogens is 402 g/mol. The number of benzene rings is 2. The minimum Gasteiger partial charge on any atom is -0.493 e. The van der Waals surface area contributed by atoms with Gasteiger partial charge in [0.2, 0.25) is 0 Å². The number of carbonyl (C=O) groups is 2. The first-order valence-corrected chi connectivity index (χ1v) is 10.8. The number of ether oxygens (including phenoxy) is 1. The van der Waals surface area contributed by atoms with E-state index in [1.165, 1.54) is 6.07 Å². The van der Waals surface area contributed by atoms with Gasteiger partial charge >= 0.3 is 0 Å². The minimum absolute atomic E-state index is 0.0581. The van der Waals surface area contributed by atoms with E-state index in [-0.39, 0.29) is 23.3 Å². The van der Waals surface area contributed by atoms with E-state index >= 15 is 0 Å². The van der Waals surface area contributed by atoms with Gasteiger partial charge in [0.15, 0.2) is 11.6 Å². The Kier molecular flexibility index (Phi) is 6.49. The van der Waals surface area contributed by atoms with Crippen molar-refractivity contribution in [2.45, 2.75) is 25.7 Å². The highest BCUT2D eigenvalue weighted by Gasteiger charge is 2.26. The van der Waals surface area contributed by atoms with Crippen LogP contribution in [-0.2, 0) is 0 Å². The number of hydrogen-bond acceptors (Lipinski definition) is 3. The molecule has 0 unspecified atom stereocenters. The number of halogens is 2. The van der Waals surface area contributed by atoms with E-state index in [0.29, 0.717) is 31.0 Å². The second-order valence-electron chi connectivity index (χ2n) is 8.22. The summed E-state index contributed by atoms with van der Waals surface area (Å²) in [5, 5.41) is 0. The predicted octanol–water partition coefficient (Wildman–Crippen LogP) is 4.13. The molecular formula is C24H26F2N2O3. The Labute approximate surface area is 180 Å². The molecule has 0 aliphatic carbocycles. The fourth-order valence-electron chi connectivity index (χ4n) is 4.21. The van der Waals surface area contributed by atoms with Gasteiger partial charge in [-0.25, -0.2) is 8.78 Å². The van der Waals surface area contributed by atoms with Gasteiger partial charge in [0.25, 0.3) is 11.8 Å². The summed E-state index contributed by atoms with van der Waals surface area (Å²) in [6.45, 7) is 3.17. The highest BCUT2D eigenvalue weighted by atomic mass is 19.2. The molecule has 2 saturated heterocycles. The number of piperidine rings is 1. The van der Waals surface area contributed by atoms with Crippen molar-refractivity contribution >= 4 is 11.8 Å². The van der Waals surface area contributed by atoms with Crippen LogP contribution in [0.3, 0.4) is 0 Å². The molecule has 7 heteroatoms. The highest BCUT2D eigenvalue weighted by Crippen LogP contribution is 2.22. The van der Waals surface area contributed by atoms with E-state index in [1.807, 2.05) is 4.90 Å². The topological polar surface area (TPSA) is 49.9 Å². The Balaban J connectivity index is 1.31. The molecule has 0 bridgehead atoms. The third-order valence-electron chi connectivity index (χ3n) is 5.95. The van der Waals surface area contributed by atoms with Crippen molar-refractivity contribution in [1.29, 1.82) is 0 Å². The van der Waals surface area contributed by atoms with Crippen LogP contribution in [0.4, 0.5) is 8.78 Å². The molecule has 2 amide bonds. The lowest BCUT2D eigenvalue weighted by atomic mass is 9.98. The van der Waals surface area contributed by atoms with Crippen LogP contribution >= 0.6 is 0 Å². The van der Waals surface area contributed by atoms with E-state index in [0.717, 1.165) is 50.9 Å². The summed E-state index contributed by atoms with van der Waals surface area (Å²) in [5.41, 5.74) is 0.814. The molecule has 2 aromatic carbocycles. The first kappa shape index (κ1) is 21.3. The predicted molar refractivity (Wildman–Crippen MR) is 112 cm³/mol. The van der Waals surface area contributed by atoms with Gasteiger partial charge in [-0.3, -0.25) is 9.59 Å². The van der Waals surface area contributed by atoms with Crippen molar-refractivity contribution in [2.24, 2.45) is 5.92 Å². The van der Waals surface area contributed by atoms with Crippen molar-refractivity contribution in [1.82, 2.24) is 9.80 Å². The molecule has 4 rings (SSSR count). The van der Waals surface area contributed by atoms with Gasteiger partial charge in [-0.2, -0.15) is 0 Å². The third-order valence-corrected chi connectivity index (χ3v) is 5.95. The molecule has 31 heavy (non-hydrogen) atoms. The molecule has 2 fully saturated rings. The second kappa shape index (κ2) is 9.45. The van der Waals surface area contributed by atoms with Crippen LogP contribution < -0.4 is 4.74 Å². The molecule has 2 aromatic rings. The summed E-state index contributed by atoms with van der Waals surface area (Å²) < 4.78 is 32.5. The smallest absolute Gasteiger partial charge is 0.253 e. The van der Waals surface area contributed by atoms with Gasteiger partial charge in [-0.15, -0.1) is 0 Å². The Bertz CT molecular complexity index is 942. The van der Waals surface area contributed by atoms with Crippen LogP contribution in [0.2, 0.25) is 0 Å². The molecule has 0 N–H and O–H groups in total. The van der Waals surface area contributed by atoms with Gasteiger partial charge in [-0.1, -0.05) is 0 Å². The van der Waals surface area contributed by atoms with Gasteiger partial charge < -0.3 is 14.5 Å². The highest BCUT2D eigenvalue weighted by molar-refractivity contribution is 5.95. The molecule has 2 aliphatic rings. The molecule has 0 spiro atoms. The van der Waals surface area contributed by atoms with E-state index in [4.69, 9.17) is 4.74 Å². The number of carbonyl (C=O) groups excluding carboxylic acids is 2. The fourth-order valence-corrected chi connectivity index (χ4v) is 4.21. The van der Waals surface area contributed by atoms with Crippen LogP contribution in [-0.4, -0.2) is 54.4 Å². The van der Waals surface area contributed by atoms with E-state index in [2.05, 4.69) is 0 Å². The monoisotopic (exact) mass is 428 g/mol. The Morgan fingerprint density at radius 3 is 2.19 bits per heavy atom. The van der Waals surface area contributed by atoms with E-state index < -0.39 is 11.6 Å². The lowest BCUT2D eigenvalue weighted by Crippen LogP contribution is -2.41. The van der Waals surface area contributed by atoms with E-state index in [1.54, 1.807) is 29.2 Å². The number of amides is 2. The maximum absolute atomic E-state index is 13.5. The van der Waals surface area contributed by atoms with Crippen molar-refractivity contribution in [3.05, 3.63) is 65.2 Å². The summed E-state index contributed by atoms with van der Waals surface area (Å²) in [6, 6.07) is 10.4. The quantitative estimate of drug-likeness (QED) is 0.720. The average Bonchev–Trinajstić information content (AvgIpc) is 3.34. The Morgan fingerprint density at radius 1 is 0.839 bits per heavy atom. The lowest BCUT2D eigenvalue weighted by molar-refractivity contribution is 0.0632. The molecule has 1 atom stereocenters. The number of hydrogen-bond donors (Lipinski definition) is 0. The zero-order valence-corrected chi connectivity index (χ0v) is 17.4. The molecule has 5 nitrogen and oxygen atoms in total. The van der Waals surface area contributed by atoms with E-state index in [9.17, 15) is 18.4 Å². The normalized spacial score (nSPS) is 18.8. The van der Waals surface area contributed by atoms with Crippen LogP contribution in [0, 0.1) is 17.6 Å². The third kappa shape index (κ3) is 5.03. The van der Waals surface area contributed by atoms with Crippen molar-refractivity contribution in [3.63, 3.8) is 0 Å². The summed E-state index contributed by atoms with van der Waals surface area (Å²) >= 11 is 0. The fraction of sp³-hybridized carbons (Fsp3) is 0.417. The number of likely N-dealkylation sites (tertiary alicyclic amines) is 2. The van der Waals surface area contributed by atoms with Crippen LogP contribution in [0.15, 0.2) is 42.5 Å². The van der Waals surface area contributed by atoms with Crippen molar-refractivity contribution < 1.29 is 23.1 Å². The van der Waals surface area contributed by atoms with Gasteiger partial charge in [0, 0.05) is 43.2 Å². The zero-order valence-electron chi connectivity index (χ0n) is 17.4. The van der Waals surface area contributed by atoms with Gasteiger partial charge in [-0.05, 0) is 68.1 Å². The molecule has 0 saturated carbocycles. The lowest BCUT2D eigenvalue weighted by Gasteiger charge is -2.32. The number of rotatable bonds is 5. The number of nitrogens with zero attached hydrogens (tertiary/aromatic N) is 2.